The average molecular weight is 574 g/mol. The Morgan fingerprint density at radius 2 is 1.95 bits per heavy atom. The predicted molar refractivity (Wildman–Crippen MR) is 153 cm³/mol. The van der Waals surface area contributed by atoms with E-state index in [0.29, 0.717) is 27.9 Å². The third-order valence-corrected chi connectivity index (χ3v) is 8.67. The van der Waals surface area contributed by atoms with E-state index in [9.17, 15) is 18.8 Å². The summed E-state index contributed by atoms with van der Waals surface area (Å²) >= 11 is 1.26. The highest BCUT2D eigenvalue weighted by Crippen LogP contribution is 2.51. The fourth-order valence-corrected chi connectivity index (χ4v) is 6.80. The summed E-state index contributed by atoms with van der Waals surface area (Å²) in [6.45, 7) is 5.54. The molecule has 2 N–H and O–H groups in total. The van der Waals surface area contributed by atoms with E-state index in [2.05, 4.69) is 22.2 Å². The van der Waals surface area contributed by atoms with Gasteiger partial charge in [-0.05, 0) is 55.0 Å². The predicted octanol–water partition coefficient (Wildman–Crippen LogP) is 4.80. The highest BCUT2D eigenvalue weighted by atomic mass is 32.2. The maximum Gasteiger partial charge on any atom is 0.327 e. The molecule has 2 aromatic carbocycles. The molecular formula is C30H28FN5O4S. The van der Waals surface area contributed by atoms with Gasteiger partial charge in [-0.2, -0.15) is 0 Å². The normalized spacial score (nSPS) is 22.9. The number of hydrogen-bond donors (Lipinski definition) is 2. The molecule has 11 heteroatoms. The molecule has 0 radical (unpaired) electrons. The Hall–Kier alpha value is -4.38. The van der Waals surface area contributed by atoms with Crippen LogP contribution in [-0.2, 0) is 9.59 Å². The zero-order valence-electron chi connectivity index (χ0n) is 22.2. The number of amides is 4. The molecule has 4 amide bonds. The van der Waals surface area contributed by atoms with Gasteiger partial charge in [0, 0.05) is 30.8 Å². The minimum atomic E-state index is -1.25. The first-order valence-corrected chi connectivity index (χ1v) is 14.2. The number of alkyl halides is 1. The van der Waals surface area contributed by atoms with Gasteiger partial charge in [0.15, 0.2) is 0 Å². The zero-order chi connectivity index (χ0) is 28.7. The Balaban J connectivity index is 1.23. The van der Waals surface area contributed by atoms with Crippen LogP contribution in [0.5, 0.6) is 11.5 Å². The number of ether oxygens (including phenoxy) is 1. The molecule has 2 unspecified atom stereocenters. The number of pyridine rings is 1. The van der Waals surface area contributed by atoms with Crippen molar-refractivity contribution in [2.75, 3.05) is 18.0 Å². The topological polar surface area (TPSA) is 104 Å². The Labute approximate surface area is 240 Å². The number of para-hydroxylation sites is 1. The molecular weight excluding hydrogens is 545 g/mol. The van der Waals surface area contributed by atoms with Crippen molar-refractivity contribution < 1.29 is 23.5 Å². The number of anilines is 2. The number of aryl methyl sites for hydroxylation is 1. The van der Waals surface area contributed by atoms with Crippen LogP contribution in [0.1, 0.15) is 23.6 Å². The number of benzene rings is 2. The standard InChI is InChI=1S/C30H28FN5O4S/c1-3-24(37)35-15-18(31)14-19(16-35)33-28(38)27-26-25-23(11-12-32-29(25)41-27)36(30(39)34-26)22-10-9-21(13-17(22)2)40-20-7-5-4-6-8-20/h3-13,18-19,26-27H,1,14-16H2,2H3,(H,33,38)(H,34,39)/t18-,19-,26?,27?/m1/s1. The SMILES string of the molecule is C=CC(=O)N1C[C@H](F)C[C@@H](NC(=O)C2Sc3nccc4c3C2NC(=O)N4c2ccc(Oc3ccccc3)cc2C)C1. The summed E-state index contributed by atoms with van der Waals surface area (Å²) in [6.07, 6.45) is 1.62. The van der Waals surface area contributed by atoms with Gasteiger partial charge < -0.3 is 20.3 Å². The molecule has 210 valence electrons. The molecule has 3 aromatic rings. The second kappa shape index (κ2) is 10.9. The van der Waals surface area contributed by atoms with Crippen LogP contribution in [0.15, 0.2) is 78.5 Å². The number of piperidine rings is 1. The van der Waals surface area contributed by atoms with E-state index in [1.165, 1.54) is 16.7 Å². The fourth-order valence-electron chi connectivity index (χ4n) is 5.57. The van der Waals surface area contributed by atoms with Crippen LogP contribution in [0.4, 0.5) is 20.6 Å². The Morgan fingerprint density at radius 3 is 2.71 bits per heavy atom. The average Bonchev–Trinajstić information content (AvgIpc) is 3.33. The van der Waals surface area contributed by atoms with E-state index in [1.54, 1.807) is 17.2 Å². The van der Waals surface area contributed by atoms with Gasteiger partial charge >= 0.3 is 6.03 Å². The maximum absolute atomic E-state index is 14.4. The lowest BCUT2D eigenvalue weighted by molar-refractivity contribution is -0.130. The third-order valence-electron chi connectivity index (χ3n) is 7.38. The number of nitrogens with zero attached hydrogens (tertiary/aromatic N) is 3. The first-order valence-electron chi connectivity index (χ1n) is 13.3. The number of urea groups is 1. The van der Waals surface area contributed by atoms with E-state index < -0.39 is 23.5 Å². The fraction of sp³-hybridized carbons (Fsp3) is 0.267. The minimum absolute atomic E-state index is 0.0264. The van der Waals surface area contributed by atoms with Crippen LogP contribution in [0, 0.1) is 6.92 Å². The summed E-state index contributed by atoms with van der Waals surface area (Å²) in [4.78, 5) is 46.5. The second-order valence-electron chi connectivity index (χ2n) is 10.2. The number of rotatable bonds is 6. The number of carbonyl (C=O) groups is 3. The summed E-state index contributed by atoms with van der Waals surface area (Å²) in [5, 5.41) is 5.85. The number of aromatic nitrogens is 1. The van der Waals surface area contributed by atoms with Crippen molar-refractivity contribution in [2.24, 2.45) is 0 Å². The molecule has 0 spiro atoms. The first-order chi connectivity index (χ1) is 19.8. The number of thioether (sulfide) groups is 1. The van der Waals surface area contributed by atoms with Crippen molar-refractivity contribution in [3.05, 3.63) is 84.6 Å². The van der Waals surface area contributed by atoms with Crippen LogP contribution in [0.2, 0.25) is 0 Å². The largest absolute Gasteiger partial charge is 0.457 e. The summed E-state index contributed by atoms with van der Waals surface area (Å²) in [5.74, 6) is 0.632. The molecule has 0 bridgehead atoms. The van der Waals surface area contributed by atoms with Crippen molar-refractivity contribution in [3.63, 3.8) is 0 Å². The molecule has 41 heavy (non-hydrogen) atoms. The monoisotopic (exact) mass is 573 g/mol. The Morgan fingerprint density at radius 1 is 1.15 bits per heavy atom. The number of carbonyl (C=O) groups excluding carboxylic acids is 3. The number of nitrogens with one attached hydrogen (secondary N) is 2. The summed E-state index contributed by atoms with van der Waals surface area (Å²) in [5.41, 5.74) is 2.91. The van der Waals surface area contributed by atoms with E-state index >= 15 is 0 Å². The van der Waals surface area contributed by atoms with Gasteiger partial charge in [-0.15, -0.1) is 0 Å². The third kappa shape index (κ3) is 5.13. The second-order valence-corrected chi connectivity index (χ2v) is 11.3. The van der Waals surface area contributed by atoms with E-state index in [0.717, 1.165) is 17.2 Å². The van der Waals surface area contributed by atoms with Crippen molar-refractivity contribution >= 4 is 41.0 Å². The summed E-state index contributed by atoms with van der Waals surface area (Å²) in [7, 11) is 0. The van der Waals surface area contributed by atoms with Crippen molar-refractivity contribution in [3.8, 4) is 11.5 Å². The van der Waals surface area contributed by atoms with Crippen molar-refractivity contribution in [2.45, 2.75) is 41.9 Å². The maximum atomic E-state index is 14.4. The number of halogens is 1. The lowest BCUT2D eigenvalue weighted by Crippen LogP contribution is -2.55. The van der Waals surface area contributed by atoms with Gasteiger partial charge in [0.2, 0.25) is 11.8 Å². The molecule has 9 nitrogen and oxygen atoms in total. The molecule has 1 saturated heterocycles. The zero-order valence-corrected chi connectivity index (χ0v) is 23.1. The van der Waals surface area contributed by atoms with Gasteiger partial charge in [-0.25, -0.2) is 14.2 Å². The highest BCUT2D eigenvalue weighted by molar-refractivity contribution is 8.01. The molecule has 3 aliphatic rings. The van der Waals surface area contributed by atoms with Crippen LogP contribution in [0.25, 0.3) is 0 Å². The Bertz CT molecular complexity index is 1540. The van der Waals surface area contributed by atoms with Gasteiger partial charge in [0.1, 0.15) is 27.9 Å². The van der Waals surface area contributed by atoms with Crippen LogP contribution >= 0.6 is 11.8 Å². The van der Waals surface area contributed by atoms with Crippen molar-refractivity contribution in [1.29, 1.82) is 0 Å². The minimum Gasteiger partial charge on any atom is -0.457 e. The molecule has 0 aliphatic carbocycles. The van der Waals surface area contributed by atoms with Gasteiger partial charge in [0.25, 0.3) is 0 Å². The molecule has 4 atom stereocenters. The lowest BCUT2D eigenvalue weighted by Gasteiger charge is -2.36. The molecule has 1 aromatic heterocycles. The molecule has 0 saturated carbocycles. The van der Waals surface area contributed by atoms with Crippen LogP contribution in [-0.4, -0.2) is 58.3 Å². The van der Waals surface area contributed by atoms with Crippen LogP contribution < -0.4 is 20.3 Å². The Kier molecular flexibility index (Phi) is 7.12. The van der Waals surface area contributed by atoms with Gasteiger partial charge in [-0.1, -0.05) is 36.5 Å². The van der Waals surface area contributed by atoms with E-state index in [-0.39, 0.29) is 37.4 Å². The van der Waals surface area contributed by atoms with E-state index in [1.807, 2.05) is 55.5 Å². The molecule has 1 fully saturated rings. The molecule has 6 rings (SSSR count). The first kappa shape index (κ1) is 26.8. The summed E-state index contributed by atoms with van der Waals surface area (Å²) < 4.78 is 20.3. The van der Waals surface area contributed by atoms with Crippen molar-refractivity contribution in [1.82, 2.24) is 20.5 Å². The smallest absolute Gasteiger partial charge is 0.327 e. The molecule has 3 aliphatic heterocycles. The number of likely N-dealkylation sites (tertiary alicyclic amines) is 1. The molecule has 4 heterocycles. The van der Waals surface area contributed by atoms with Gasteiger partial charge in [-0.3, -0.25) is 14.5 Å². The summed E-state index contributed by atoms with van der Waals surface area (Å²) in [6, 6.07) is 15.2. The van der Waals surface area contributed by atoms with Crippen LogP contribution in [0.3, 0.4) is 0 Å². The lowest BCUT2D eigenvalue weighted by atomic mass is 9.98. The van der Waals surface area contributed by atoms with E-state index in [4.69, 9.17) is 4.74 Å². The number of hydrogen-bond acceptors (Lipinski definition) is 6. The quantitative estimate of drug-likeness (QED) is 0.411. The van der Waals surface area contributed by atoms with Gasteiger partial charge in [0.05, 0.1) is 24.0 Å². The highest BCUT2D eigenvalue weighted by Gasteiger charge is 2.47.